The molecule has 0 heterocycles. The van der Waals surface area contributed by atoms with E-state index in [1.807, 2.05) is 37.3 Å². The fourth-order valence-corrected chi connectivity index (χ4v) is 2.05. The zero-order valence-corrected chi connectivity index (χ0v) is 12.2. The van der Waals surface area contributed by atoms with E-state index in [9.17, 15) is 4.79 Å². The molecule has 0 aliphatic rings. The van der Waals surface area contributed by atoms with Crippen LogP contribution in [0.15, 0.2) is 30.3 Å². The van der Waals surface area contributed by atoms with Gasteiger partial charge in [-0.2, -0.15) is 0 Å². The van der Waals surface area contributed by atoms with Crippen molar-refractivity contribution < 1.29 is 9.53 Å². The molecule has 1 rings (SSSR count). The zero-order chi connectivity index (χ0) is 14.3. The molecule has 1 amide bonds. The molecule has 0 saturated carbocycles. The first kappa shape index (κ1) is 15.6. The second-order valence-corrected chi connectivity index (χ2v) is 4.78. The van der Waals surface area contributed by atoms with Crippen LogP contribution in [-0.2, 0) is 9.53 Å². The minimum atomic E-state index is -0.609. The van der Waals surface area contributed by atoms with Crippen LogP contribution in [-0.4, -0.2) is 36.0 Å². The summed E-state index contributed by atoms with van der Waals surface area (Å²) in [6.45, 7) is 2.90. The number of amides is 1. The summed E-state index contributed by atoms with van der Waals surface area (Å²) < 4.78 is 5.33. The predicted molar refractivity (Wildman–Crippen MR) is 79.8 cm³/mol. The van der Waals surface area contributed by atoms with Crippen LogP contribution in [0.3, 0.4) is 0 Å². The number of hydrogen-bond acceptors (Lipinski definition) is 3. The normalized spacial score (nSPS) is 11.9. The second kappa shape index (κ2) is 7.86. The Morgan fingerprint density at radius 2 is 2.05 bits per heavy atom. The number of ether oxygens (including phenoxy) is 1. The molecule has 4 nitrogen and oxygen atoms in total. The van der Waals surface area contributed by atoms with Crippen LogP contribution < -0.4 is 5.73 Å². The Bertz CT molecular complexity index is 423. The lowest BCUT2D eigenvalue weighted by atomic mass is 10.1. The van der Waals surface area contributed by atoms with Crippen LogP contribution >= 0.6 is 12.2 Å². The molecule has 19 heavy (non-hydrogen) atoms. The molecule has 2 N–H and O–H groups in total. The Kier molecular flexibility index (Phi) is 6.45. The highest BCUT2D eigenvalue weighted by atomic mass is 32.1. The SMILES string of the molecule is CCCN(CC(N)=S)C(=O)C(OC)c1ccccc1. The molecule has 0 aromatic heterocycles. The van der Waals surface area contributed by atoms with Gasteiger partial charge in [-0.3, -0.25) is 4.79 Å². The van der Waals surface area contributed by atoms with Crippen molar-refractivity contribution >= 4 is 23.1 Å². The van der Waals surface area contributed by atoms with Crippen LogP contribution in [0.2, 0.25) is 0 Å². The summed E-state index contributed by atoms with van der Waals surface area (Å²) in [6.07, 6.45) is 0.238. The van der Waals surface area contributed by atoms with E-state index in [1.165, 1.54) is 7.11 Å². The van der Waals surface area contributed by atoms with Crippen LogP contribution in [0.4, 0.5) is 0 Å². The Balaban J connectivity index is 2.89. The molecule has 0 radical (unpaired) electrons. The molecule has 0 aliphatic heterocycles. The molecule has 0 aliphatic carbocycles. The van der Waals surface area contributed by atoms with Gasteiger partial charge in [0.15, 0.2) is 6.10 Å². The van der Waals surface area contributed by atoms with E-state index in [0.717, 1.165) is 12.0 Å². The van der Waals surface area contributed by atoms with E-state index in [0.29, 0.717) is 11.5 Å². The van der Waals surface area contributed by atoms with Gasteiger partial charge in [-0.05, 0) is 12.0 Å². The van der Waals surface area contributed by atoms with Gasteiger partial charge in [-0.15, -0.1) is 0 Å². The Labute approximate surface area is 119 Å². The van der Waals surface area contributed by atoms with Gasteiger partial charge in [0.05, 0.1) is 11.5 Å². The fourth-order valence-electron chi connectivity index (χ4n) is 1.90. The number of carbonyl (C=O) groups excluding carboxylic acids is 1. The average molecular weight is 280 g/mol. The molecule has 0 bridgehead atoms. The van der Waals surface area contributed by atoms with Crippen molar-refractivity contribution in [2.75, 3.05) is 20.2 Å². The van der Waals surface area contributed by atoms with E-state index in [1.54, 1.807) is 4.90 Å². The molecule has 1 aromatic rings. The fraction of sp³-hybridized carbons (Fsp3) is 0.429. The predicted octanol–water partition coefficient (Wildman–Crippen LogP) is 1.90. The van der Waals surface area contributed by atoms with Crippen LogP contribution in [0.25, 0.3) is 0 Å². The zero-order valence-electron chi connectivity index (χ0n) is 11.3. The Morgan fingerprint density at radius 3 is 2.53 bits per heavy atom. The Hall–Kier alpha value is -1.46. The van der Waals surface area contributed by atoms with Gasteiger partial charge in [0.2, 0.25) is 0 Å². The molecule has 104 valence electrons. The summed E-state index contributed by atoms with van der Waals surface area (Å²) in [6, 6.07) is 9.41. The maximum absolute atomic E-state index is 12.5. The third kappa shape index (κ3) is 4.61. The summed E-state index contributed by atoms with van der Waals surface area (Å²) in [4.78, 5) is 14.4. The lowest BCUT2D eigenvalue weighted by Crippen LogP contribution is -2.41. The minimum absolute atomic E-state index is 0.108. The van der Waals surface area contributed by atoms with Gasteiger partial charge in [0.1, 0.15) is 0 Å². The topological polar surface area (TPSA) is 55.6 Å². The summed E-state index contributed by atoms with van der Waals surface area (Å²) in [5.74, 6) is -0.108. The Morgan fingerprint density at radius 1 is 1.42 bits per heavy atom. The summed E-state index contributed by atoms with van der Waals surface area (Å²) >= 11 is 4.89. The van der Waals surface area contributed by atoms with Crippen molar-refractivity contribution in [2.24, 2.45) is 5.73 Å². The number of nitrogens with zero attached hydrogens (tertiary/aromatic N) is 1. The number of thiocarbonyl (C=S) groups is 1. The smallest absolute Gasteiger partial charge is 0.256 e. The van der Waals surface area contributed by atoms with Crippen LogP contribution in [0.5, 0.6) is 0 Å². The number of methoxy groups -OCH3 is 1. The highest BCUT2D eigenvalue weighted by molar-refractivity contribution is 7.80. The van der Waals surface area contributed by atoms with Gasteiger partial charge in [-0.25, -0.2) is 0 Å². The lowest BCUT2D eigenvalue weighted by molar-refractivity contribution is -0.141. The second-order valence-electron chi connectivity index (χ2n) is 4.25. The summed E-state index contributed by atoms with van der Waals surface area (Å²) in [5.41, 5.74) is 6.37. The molecule has 0 saturated heterocycles. The first-order valence-electron chi connectivity index (χ1n) is 6.25. The third-order valence-corrected chi connectivity index (χ3v) is 2.84. The van der Waals surface area contributed by atoms with Crippen molar-refractivity contribution in [3.8, 4) is 0 Å². The highest BCUT2D eigenvalue weighted by Gasteiger charge is 2.25. The van der Waals surface area contributed by atoms with Crippen molar-refractivity contribution in [3.63, 3.8) is 0 Å². The summed E-state index contributed by atoms with van der Waals surface area (Å²) in [7, 11) is 1.53. The van der Waals surface area contributed by atoms with Gasteiger partial charge in [0, 0.05) is 13.7 Å². The monoisotopic (exact) mass is 280 g/mol. The highest BCUT2D eigenvalue weighted by Crippen LogP contribution is 2.19. The molecule has 1 atom stereocenters. The number of benzene rings is 1. The first-order valence-corrected chi connectivity index (χ1v) is 6.65. The number of rotatable bonds is 7. The van der Waals surface area contributed by atoms with Gasteiger partial charge < -0.3 is 15.4 Å². The molecule has 0 spiro atoms. The molecule has 1 unspecified atom stereocenters. The lowest BCUT2D eigenvalue weighted by Gasteiger charge is -2.26. The standard InChI is InChI=1S/C14H20N2O2S/c1-3-9-16(10-12(15)19)14(17)13(18-2)11-7-5-4-6-8-11/h4-8,13H,3,9-10H2,1-2H3,(H2,15,19). The van der Waals surface area contributed by atoms with Crippen molar-refractivity contribution in [1.82, 2.24) is 4.90 Å². The minimum Gasteiger partial charge on any atom is -0.392 e. The summed E-state index contributed by atoms with van der Waals surface area (Å²) in [5, 5.41) is 0. The van der Waals surface area contributed by atoms with Crippen molar-refractivity contribution in [1.29, 1.82) is 0 Å². The maximum Gasteiger partial charge on any atom is 0.256 e. The maximum atomic E-state index is 12.5. The van der Waals surface area contributed by atoms with Crippen LogP contribution in [0.1, 0.15) is 25.0 Å². The van der Waals surface area contributed by atoms with Crippen molar-refractivity contribution in [3.05, 3.63) is 35.9 Å². The van der Waals surface area contributed by atoms with Gasteiger partial charge in [-0.1, -0.05) is 49.5 Å². The average Bonchev–Trinajstić information content (AvgIpc) is 2.39. The number of carbonyl (C=O) groups is 1. The van der Waals surface area contributed by atoms with E-state index in [-0.39, 0.29) is 12.5 Å². The van der Waals surface area contributed by atoms with Gasteiger partial charge >= 0.3 is 0 Å². The van der Waals surface area contributed by atoms with E-state index in [2.05, 4.69) is 0 Å². The molecular formula is C14H20N2O2S. The van der Waals surface area contributed by atoms with E-state index in [4.69, 9.17) is 22.7 Å². The largest absolute Gasteiger partial charge is 0.392 e. The third-order valence-electron chi connectivity index (χ3n) is 2.71. The molecule has 0 fully saturated rings. The van der Waals surface area contributed by atoms with E-state index < -0.39 is 6.10 Å². The molecular weight excluding hydrogens is 260 g/mol. The molecule has 1 aromatic carbocycles. The molecule has 5 heteroatoms. The number of nitrogens with two attached hydrogens (primary N) is 1. The quantitative estimate of drug-likeness (QED) is 0.775. The number of hydrogen-bond donors (Lipinski definition) is 1. The van der Waals surface area contributed by atoms with Crippen LogP contribution in [0, 0.1) is 0 Å². The first-order chi connectivity index (χ1) is 9.10. The van der Waals surface area contributed by atoms with Gasteiger partial charge in [0.25, 0.3) is 5.91 Å². The van der Waals surface area contributed by atoms with E-state index >= 15 is 0 Å². The van der Waals surface area contributed by atoms with Crippen molar-refractivity contribution in [2.45, 2.75) is 19.4 Å².